The summed E-state index contributed by atoms with van der Waals surface area (Å²) in [6.45, 7) is 2.59. The van der Waals surface area contributed by atoms with Crippen molar-refractivity contribution in [2.75, 3.05) is 6.54 Å². The van der Waals surface area contributed by atoms with Crippen LogP contribution in [0.2, 0.25) is 0 Å². The first kappa shape index (κ1) is 25.6. The van der Waals surface area contributed by atoms with Crippen LogP contribution in [0.3, 0.4) is 0 Å². The number of primary amides is 1. The molecule has 0 radical (unpaired) electrons. The monoisotopic (exact) mass is 418 g/mol. The lowest BCUT2D eigenvalue weighted by Gasteiger charge is -2.17. The van der Waals surface area contributed by atoms with Gasteiger partial charge in [0.1, 0.15) is 6.04 Å². The second-order valence-electron chi connectivity index (χ2n) is 7.73. The maximum absolute atomic E-state index is 12.4. The smallest absolute Gasteiger partial charge is 0.243 e. The zero-order valence-electron chi connectivity index (χ0n) is 18.3. The number of amides is 3. The number of unbranched alkanes of at least 4 members (excludes halogenated alkanes) is 8. The molecule has 1 aromatic rings. The summed E-state index contributed by atoms with van der Waals surface area (Å²) in [5.41, 5.74) is 6.10. The fourth-order valence-electron chi connectivity index (χ4n) is 3.26. The molecule has 7 nitrogen and oxygen atoms in total. The third kappa shape index (κ3) is 12.9. The van der Waals surface area contributed by atoms with Crippen molar-refractivity contribution in [2.24, 2.45) is 5.73 Å². The second-order valence-corrected chi connectivity index (χ2v) is 7.73. The summed E-state index contributed by atoms with van der Waals surface area (Å²) in [6.07, 6.45) is 12.9. The van der Waals surface area contributed by atoms with Crippen molar-refractivity contribution in [3.63, 3.8) is 0 Å². The Labute approximate surface area is 180 Å². The highest BCUT2D eigenvalue weighted by atomic mass is 16.2. The normalized spacial score (nSPS) is 11.6. The summed E-state index contributed by atoms with van der Waals surface area (Å²) in [5.74, 6) is -1.24. The molecule has 0 aliphatic heterocycles. The van der Waals surface area contributed by atoms with Gasteiger partial charge in [0.25, 0.3) is 0 Å². The van der Waals surface area contributed by atoms with Gasteiger partial charge in [0.2, 0.25) is 17.7 Å². The minimum absolute atomic E-state index is 0.209. The number of hydrogen-bond acceptors (Lipinski definition) is 4. The number of pyridine rings is 1. The predicted octanol–water partition coefficient (Wildman–Crippen LogP) is 3.02. The molecule has 0 saturated carbocycles. The first-order chi connectivity index (χ1) is 14.5. The maximum atomic E-state index is 12.4. The van der Waals surface area contributed by atoms with Gasteiger partial charge in [-0.25, -0.2) is 0 Å². The van der Waals surface area contributed by atoms with Crippen molar-refractivity contribution < 1.29 is 14.4 Å². The summed E-state index contributed by atoms with van der Waals surface area (Å²) < 4.78 is 0. The fourth-order valence-corrected chi connectivity index (χ4v) is 3.26. The number of aromatic nitrogens is 1. The first-order valence-corrected chi connectivity index (χ1v) is 11.3. The predicted molar refractivity (Wildman–Crippen MR) is 119 cm³/mol. The molecular weight excluding hydrogens is 380 g/mol. The van der Waals surface area contributed by atoms with E-state index in [0.29, 0.717) is 19.4 Å². The Kier molecular flexibility index (Phi) is 14.0. The summed E-state index contributed by atoms with van der Waals surface area (Å²) in [7, 11) is 0. The van der Waals surface area contributed by atoms with E-state index < -0.39 is 17.9 Å². The van der Waals surface area contributed by atoms with Crippen molar-refractivity contribution in [2.45, 2.75) is 90.0 Å². The van der Waals surface area contributed by atoms with Crippen molar-refractivity contribution in [1.29, 1.82) is 0 Å². The number of hydrogen-bond donors (Lipinski definition) is 3. The van der Waals surface area contributed by atoms with Gasteiger partial charge in [-0.2, -0.15) is 0 Å². The molecule has 4 N–H and O–H groups in total. The Balaban J connectivity index is 2.25. The molecular formula is C23H38N4O3. The molecule has 1 atom stereocenters. The van der Waals surface area contributed by atoms with Crippen molar-refractivity contribution in [1.82, 2.24) is 15.6 Å². The molecule has 1 heterocycles. The third-order valence-electron chi connectivity index (χ3n) is 4.97. The Morgan fingerprint density at radius 3 is 2.27 bits per heavy atom. The van der Waals surface area contributed by atoms with Gasteiger partial charge in [-0.3, -0.25) is 19.4 Å². The Morgan fingerprint density at radius 2 is 1.67 bits per heavy atom. The average Bonchev–Trinajstić information content (AvgIpc) is 2.72. The van der Waals surface area contributed by atoms with Crippen LogP contribution >= 0.6 is 0 Å². The van der Waals surface area contributed by atoms with Gasteiger partial charge in [0.05, 0.1) is 6.42 Å². The standard InChI is InChI=1S/C23H38N4O3/c1-2-3-4-5-6-7-8-9-10-14-22(29)27-20(18-21(24)28)23(30)26-17-15-19-13-11-12-16-25-19/h11-13,16,20H,2-10,14-15,17-18H2,1H3,(H2,24,28)(H,26,30)(H,27,29)/t20-/m1/s1. The minimum Gasteiger partial charge on any atom is -0.370 e. The van der Waals surface area contributed by atoms with Gasteiger partial charge in [0, 0.05) is 31.3 Å². The zero-order valence-corrected chi connectivity index (χ0v) is 18.3. The van der Waals surface area contributed by atoms with Gasteiger partial charge in [-0.05, 0) is 18.6 Å². The molecule has 168 valence electrons. The van der Waals surface area contributed by atoms with Crippen molar-refractivity contribution in [3.8, 4) is 0 Å². The van der Waals surface area contributed by atoms with Crippen LogP contribution < -0.4 is 16.4 Å². The van der Waals surface area contributed by atoms with Crippen LogP contribution in [-0.4, -0.2) is 35.3 Å². The number of nitrogens with zero attached hydrogens (tertiary/aromatic N) is 1. The van der Waals surface area contributed by atoms with E-state index in [2.05, 4.69) is 22.5 Å². The summed E-state index contributed by atoms with van der Waals surface area (Å²) in [6, 6.07) is 4.65. The maximum Gasteiger partial charge on any atom is 0.243 e. The van der Waals surface area contributed by atoms with E-state index in [-0.39, 0.29) is 12.3 Å². The summed E-state index contributed by atoms with van der Waals surface area (Å²) in [4.78, 5) is 40.1. The van der Waals surface area contributed by atoms with Crippen molar-refractivity contribution in [3.05, 3.63) is 30.1 Å². The Hall–Kier alpha value is -2.44. The second kappa shape index (κ2) is 16.4. The van der Waals surface area contributed by atoms with E-state index >= 15 is 0 Å². The molecule has 0 aliphatic carbocycles. The van der Waals surface area contributed by atoms with Gasteiger partial charge in [-0.1, -0.05) is 64.4 Å². The number of rotatable bonds is 17. The van der Waals surface area contributed by atoms with Crippen molar-refractivity contribution >= 4 is 17.7 Å². The van der Waals surface area contributed by atoms with Gasteiger partial charge in [-0.15, -0.1) is 0 Å². The van der Waals surface area contributed by atoms with Crippen LogP contribution in [0.15, 0.2) is 24.4 Å². The van der Waals surface area contributed by atoms with E-state index in [0.717, 1.165) is 25.0 Å². The number of carbonyl (C=O) groups is 3. The van der Waals surface area contributed by atoms with Crippen LogP contribution in [-0.2, 0) is 20.8 Å². The van der Waals surface area contributed by atoms with E-state index in [1.165, 1.54) is 38.5 Å². The van der Waals surface area contributed by atoms with Crippen LogP contribution in [0.1, 0.15) is 83.2 Å². The minimum atomic E-state index is -0.933. The van der Waals surface area contributed by atoms with Gasteiger partial charge in [0.15, 0.2) is 0 Å². The zero-order chi connectivity index (χ0) is 22.0. The molecule has 0 aliphatic rings. The van der Waals surface area contributed by atoms with E-state index in [9.17, 15) is 14.4 Å². The molecule has 0 unspecified atom stereocenters. The highest BCUT2D eigenvalue weighted by molar-refractivity contribution is 5.91. The van der Waals surface area contributed by atoms with Crippen LogP contribution in [0, 0.1) is 0 Å². The third-order valence-corrected chi connectivity index (χ3v) is 4.97. The molecule has 3 amide bonds. The highest BCUT2D eigenvalue weighted by Crippen LogP contribution is 2.10. The number of nitrogens with two attached hydrogens (primary N) is 1. The van der Waals surface area contributed by atoms with Crippen LogP contribution in [0.5, 0.6) is 0 Å². The molecule has 1 rings (SSSR count). The molecule has 0 fully saturated rings. The molecule has 0 bridgehead atoms. The number of nitrogens with one attached hydrogen (secondary N) is 2. The molecule has 0 spiro atoms. The van der Waals surface area contributed by atoms with Gasteiger partial charge >= 0.3 is 0 Å². The molecule has 0 saturated heterocycles. The lowest BCUT2D eigenvalue weighted by atomic mass is 10.1. The summed E-state index contributed by atoms with van der Waals surface area (Å²) >= 11 is 0. The largest absolute Gasteiger partial charge is 0.370 e. The SMILES string of the molecule is CCCCCCCCCCCC(=O)N[C@H](CC(N)=O)C(=O)NCCc1ccccn1. The first-order valence-electron chi connectivity index (χ1n) is 11.3. The topological polar surface area (TPSA) is 114 Å². The van der Waals surface area contributed by atoms with Crippen LogP contribution in [0.4, 0.5) is 0 Å². The molecule has 1 aromatic heterocycles. The molecule has 30 heavy (non-hydrogen) atoms. The summed E-state index contributed by atoms with van der Waals surface area (Å²) in [5, 5.41) is 5.40. The lowest BCUT2D eigenvalue weighted by molar-refractivity contribution is -0.131. The number of carbonyl (C=O) groups excluding carboxylic acids is 3. The average molecular weight is 419 g/mol. The van der Waals surface area contributed by atoms with Crippen LogP contribution in [0.25, 0.3) is 0 Å². The molecule has 0 aromatic carbocycles. The van der Waals surface area contributed by atoms with E-state index in [1.807, 2.05) is 18.2 Å². The lowest BCUT2D eigenvalue weighted by Crippen LogP contribution is -2.49. The highest BCUT2D eigenvalue weighted by Gasteiger charge is 2.22. The van der Waals surface area contributed by atoms with E-state index in [1.54, 1.807) is 6.20 Å². The quantitative estimate of drug-likeness (QED) is 0.337. The Bertz CT molecular complexity index is 622. The Morgan fingerprint density at radius 1 is 1.00 bits per heavy atom. The fraction of sp³-hybridized carbons (Fsp3) is 0.652. The van der Waals surface area contributed by atoms with E-state index in [4.69, 9.17) is 5.73 Å². The molecule has 7 heteroatoms. The van der Waals surface area contributed by atoms with Gasteiger partial charge < -0.3 is 16.4 Å².